The number of hydrogen-bond acceptors (Lipinski definition) is 3. The van der Waals surface area contributed by atoms with Crippen LogP contribution < -0.4 is 0 Å². The molecule has 0 amide bonds. The van der Waals surface area contributed by atoms with E-state index in [9.17, 15) is 4.21 Å². The molecule has 0 aromatic rings. The van der Waals surface area contributed by atoms with E-state index in [1.54, 1.807) is 0 Å². The number of hydrogen-bond donors (Lipinski definition) is 0. The van der Waals surface area contributed by atoms with E-state index in [4.69, 9.17) is 8.37 Å². The largest absolute Gasteiger partial charge is 0.305 e. The predicted molar refractivity (Wildman–Crippen MR) is 38.5 cm³/mol. The molecule has 0 bridgehead atoms. The van der Waals surface area contributed by atoms with Crippen molar-refractivity contribution in [3.63, 3.8) is 0 Å². The lowest BCUT2D eigenvalue weighted by Gasteiger charge is -2.08. The summed E-state index contributed by atoms with van der Waals surface area (Å²) in [4.78, 5) is 0. The van der Waals surface area contributed by atoms with E-state index in [-0.39, 0.29) is 12.2 Å². The van der Waals surface area contributed by atoms with Gasteiger partial charge in [-0.3, -0.25) is 8.37 Å². The van der Waals surface area contributed by atoms with Crippen molar-refractivity contribution >= 4 is 11.4 Å². The summed E-state index contributed by atoms with van der Waals surface area (Å²) in [5.74, 6) is 0. The van der Waals surface area contributed by atoms with Gasteiger partial charge >= 0.3 is 11.4 Å². The van der Waals surface area contributed by atoms with Gasteiger partial charge in [-0.1, -0.05) is 13.8 Å². The number of rotatable bonds is 2. The molecule has 0 saturated carbocycles. The Morgan fingerprint density at radius 2 is 1.60 bits per heavy atom. The fourth-order valence-corrected chi connectivity index (χ4v) is 1.98. The topological polar surface area (TPSA) is 35.5 Å². The maximum Gasteiger partial charge on any atom is 0.305 e. The maximum atomic E-state index is 10.6. The van der Waals surface area contributed by atoms with Crippen LogP contribution in [0.1, 0.15) is 26.7 Å². The van der Waals surface area contributed by atoms with E-state index in [2.05, 4.69) is 0 Å². The highest BCUT2D eigenvalue weighted by Crippen LogP contribution is 2.21. The Kier molecular flexibility index (Phi) is 2.82. The first-order valence-corrected chi connectivity index (χ1v) is 4.54. The van der Waals surface area contributed by atoms with Gasteiger partial charge in [0.25, 0.3) is 0 Å². The first-order valence-electron chi connectivity index (χ1n) is 3.54. The highest BCUT2D eigenvalue weighted by molar-refractivity contribution is 7.75. The van der Waals surface area contributed by atoms with Crippen LogP contribution in [0.4, 0.5) is 0 Å². The molecular weight excluding hydrogens is 152 g/mol. The first kappa shape index (κ1) is 8.17. The zero-order valence-electron chi connectivity index (χ0n) is 6.20. The van der Waals surface area contributed by atoms with Gasteiger partial charge in [-0.15, -0.1) is 0 Å². The molecule has 0 aromatic heterocycles. The second-order valence-electron chi connectivity index (χ2n) is 2.29. The van der Waals surface area contributed by atoms with Crippen molar-refractivity contribution in [3.05, 3.63) is 0 Å². The van der Waals surface area contributed by atoms with Crippen LogP contribution in [0.2, 0.25) is 0 Å². The van der Waals surface area contributed by atoms with Crippen LogP contribution in [0.25, 0.3) is 0 Å². The highest BCUT2D eigenvalue weighted by atomic mass is 32.2. The molecule has 0 spiro atoms. The van der Waals surface area contributed by atoms with Gasteiger partial charge in [0.2, 0.25) is 0 Å². The molecule has 2 unspecified atom stereocenters. The van der Waals surface area contributed by atoms with Gasteiger partial charge in [0.1, 0.15) is 12.2 Å². The van der Waals surface area contributed by atoms with Crippen LogP contribution in [-0.4, -0.2) is 16.4 Å². The minimum absolute atomic E-state index is 0.0332. The van der Waals surface area contributed by atoms with Crippen molar-refractivity contribution in [1.29, 1.82) is 0 Å². The summed E-state index contributed by atoms with van der Waals surface area (Å²) in [6, 6.07) is 0. The lowest BCUT2D eigenvalue weighted by atomic mass is 10.1. The van der Waals surface area contributed by atoms with Crippen molar-refractivity contribution in [2.24, 2.45) is 0 Å². The Bertz CT molecular complexity index is 123. The SMILES string of the molecule is CCC1OS(=O)OC1CC. The average Bonchev–Trinajstić information content (AvgIpc) is 2.30. The second kappa shape index (κ2) is 3.46. The molecule has 60 valence electrons. The van der Waals surface area contributed by atoms with Crippen LogP contribution in [0.5, 0.6) is 0 Å². The molecule has 1 aliphatic heterocycles. The van der Waals surface area contributed by atoms with Crippen molar-refractivity contribution in [2.45, 2.75) is 38.9 Å². The summed E-state index contributed by atoms with van der Waals surface area (Å²) in [7, 11) is 0. The monoisotopic (exact) mass is 164 g/mol. The maximum absolute atomic E-state index is 10.6. The third kappa shape index (κ3) is 1.56. The Balaban J connectivity index is 2.48. The minimum Gasteiger partial charge on any atom is -0.262 e. The Morgan fingerprint density at radius 1 is 1.20 bits per heavy atom. The van der Waals surface area contributed by atoms with Crippen molar-refractivity contribution in [3.8, 4) is 0 Å². The summed E-state index contributed by atoms with van der Waals surface area (Å²) < 4.78 is 20.6. The molecule has 1 heterocycles. The minimum atomic E-state index is -1.48. The lowest BCUT2D eigenvalue weighted by molar-refractivity contribution is 0.148. The Morgan fingerprint density at radius 3 is 1.90 bits per heavy atom. The molecule has 1 saturated heterocycles. The fraction of sp³-hybridized carbons (Fsp3) is 1.00. The van der Waals surface area contributed by atoms with Crippen molar-refractivity contribution < 1.29 is 12.6 Å². The summed E-state index contributed by atoms with van der Waals surface area (Å²) >= 11 is -1.48. The molecule has 1 aliphatic rings. The van der Waals surface area contributed by atoms with Crippen LogP contribution in [-0.2, 0) is 19.7 Å². The Labute approximate surface area is 63.6 Å². The molecule has 3 nitrogen and oxygen atoms in total. The van der Waals surface area contributed by atoms with Crippen LogP contribution >= 0.6 is 0 Å². The fourth-order valence-electron chi connectivity index (χ4n) is 1.01. The Hall–Kier alpha value is 0.0700. The molecular formula is C6H12O3S. The summed E-state index contributed by atoms with van der Waals surface area (Å²) in [5, 5.41) is 0. The summed E-state index contributed by atoms with van der Waals surface area (Å²) in [6.45, 7) is 4.00. The van der Waals surface area contributed by atoms with Gasteiger partial charge in [0, 0.05) is 0 Å². The van der Waals surface area contributed by atoms with E-state index in [1.807, 2.05) is 13.8 Å². The first-order chi connectivity index (χ1) is 4.77. The molecule has 10 heavy (non-hydrogen) atoms. The van der Waals surface area contributed by atoms with Crippen LogP contribution in [0.3, 0.4) is 0 Å². The van der Waals surface area contributed by atoms with E-state index >= 15 is 0 Å². The van der Waals surface area contributed by atoms with Crippen LogP contribution in [0.15, 0.2) is 0 Å². The van der Waals surface area contributed by atoms with E-state index in [0.717, 1.165) is 12.8 Å². The van der Waals surface area contributed by atoms with Crippen molar-refractivity contribution in [1.82, 2.24) is 0 Å². The molecule has 0 aliphatic carbocycles. The third-order valence-corrected chi connectivity index (χ3v) is 2.43. The molecule has 0 radical (unpaired) electrons. The summed E-state index contributed by atoms with van der Waals surface area (Å²) in [6.07, 6.45) is 1.80. The van der Waals surface area contributed by atoms with Gasteiger partial charge in [-0.2, -0.15) is 4.21 Å². The standard InChI is InChI=1S/C6H12O3S/c1-3-5-6(4-2)9-10(7)8-5/h5-6H,3-4H2,1-2H3. The normalized spacial score (nSPS) is 40.4. The zero-order chi connectivity index (χ0) is 7.56. The molecule has 0 aromatic carbocycles. The molecule has 2 atom stereocenters. The van der Waals surface area contributed by atoms with Gasteiger partial charge in [-0.25, -0.2) is 0 Å². The summed E-state index contributed by atoms with van der Waals surface area (Å²) in [5.41, 5.74) is 0. The third-order valence-electron chi connectivity index (χ3n) is 1.62. The van der Waals surface area contributed by atoms with Gasteiger partial charge < -0.3 is 0 Å². The van der Waals surface area contributed by atoms with E-state index in [0.29, 0.717) is 0 Å². The highest BCUT2D eigenvalue weighted by Gasteiger charge is 2.31. The lowest BCUT2D eigenvalue weighted by Crippen LogP contribution is -2.20. The zero-order valence-corrected chi connectivity index (χ0v) is 7.02. The molecule has 4 heteroatoms. The second-order valence-corrected chi connectivity index (χ2v) is 3.08. The molecule has 0 N–H and O–H groups in total. The van der Waals surface area contributed by atoms with Crippen molar-refractivity contribution in [2.75, 3.05) is 0 Å². The van der Waals surface area contributed by atoms with E-state index in [1.165, 1.54) is 0 Å². The smallest absolute Gasteiger partial charge is 0.262 e. The molecule has 1 fully saturated rings. The average molecular weight is 164 g/mol. The van der Waals surface area contributed by atoms with Gasteiger partial charge in [-0.05, 0) is 12.8 Å². The van der Waals surface area contributed by atoms with Crippen LogP contribution in [0, 0.1) is 0 Å². The predicted octanol–water partition coefficient (Wildman–Crippen LogP) is 1.17. The van der Waals surface area contributed by atoms with E-state index < -0.39 is 11.4 Å². The quantitative estimate of drug-likeness (QED) is 0.614. The molecule has 1 rings (SSSR count). The van der Waals surface area contributed by atoms with Gasteiger partial charge in [0.05, 0.1) is 0 Å². The van der Waals surface area contributed by atoms with Gasteiger partial charge in [0.15, 0.2) is 0 Å².